The highest BCUT2D eigenvalue weighted by atomic mass is 16.5. The van der Waals surface area contributed by atoms with Gasteiger partial charge in [-0.2, -0.15) is 5.10 Å². The topological polar surface area (TPSA) is 66.0 Å². The quantitative estimate of drug-likeness (QED) is 0.912. The van der Waals surface area contributed by atoms with E-state index >= 15 is 0 Å². The smallest absolute Gasteiger partial charge is 0.226 e. The highest BCUT2D eigenvalue weighted by molar-refractivity contribution is 5.38. The second kappa shape index (κ2) is 4.66. The van der Waals surface area contributed by atoms with Gasteiger partial charge in [-0.15, -0.1) is 0 Å². The minimum Gasteiger partial charge on any atom is -0.421 e. The van der Waals surface area contributed by atoms with Crippen LogP contribution in [0.1, 0.15) is 28.9 Å². The van der Waals surface area contributed by atoms with Crippen molar-refractivity contribution in [2.75, 3.05) is 0 Å². The highest BCUT2D eigenvalue weighted by Gasteiger charge is 2.18. The van der Waals surface area contributed by atoms with E-state index < -0.39 is 0 Å². The molecule has 0 fully saturated rings. The Labute approximate surface area is 112 Å². The van der Waals surface area contributed by atoms with Gasteiger partial charge in [-0.3, -0.25) is 0 Å². The van der Waals surface area contributed by atoms with E-state index in [1.165, 1.54) is 12.0 Å². The summed E-state index contributed by atoms with van der Waals surface area (Å²) in [6, 6.07) is 4.03. The first-order valence-corrected chi connectivity index (χ1v) is 6.57. The molecule has 0 saturated carbocycles. The van der Waals surface area contributed by atoms with E-state index in [4.69, 9.17) is 10.5 Å². The van der Waals surface area contributed by atoms with Crippen LogP contribution in [0.3, 0.4) is 0 Å². The zero-order valence-electron chi connectivity index (χ0n) is 11.3. The minimum absolute atomic E-state index is 0.437. The maximum atomic E-state index is 5.89. The third kappa shape index (κ3) is 2.21. The average Bonchev–Trinajstić information content (AvgIpc) is 2.95. The normalized spacial score (nSPS) is 13.6. The van der Waals surface area contributed by atoms with Gasteiger partial charge in [-0.1, -0.05) is 0 Å². The zero-order chi connectivity index (χ0) is 13.4. The van der Waals surface area contributed by atoms with Crippen molar-refractivity contribution >= 4 is 0 Å². The lowest BCUT2D eigenvalue weighted by molar-refractivity contribution is 0.409. The molecular formula is C14H18N4O. The number of aryl methyl sites for hydroxylation is 4. The van der Waals surface area contributed by atoms with Crippen molar-refractivity contribution in [3.63, 3.8) is 0 Å². The lowest BCUT2D eigenvalue weighted by Crippen LogP contribution is -2.05. The van der Waals surface area contributed by atoms with Crippen molar-refractivity contribution in [3.05, 3.63) is 34.6 Å². The summed E-state index contributed by atoms with van der Waals surface area (Å²) in [5, 5.41) is 4.27. The van der Waals surface area contributed by atoms with Gasteiger partial charge in [0.25, 0.3) is 0 Å². The van der Waals surface area contributed by atoms with Crippen LogP contribution in [0.25, 0.3) is 0 Å². The van der Waals surface area contributed by atoms with E-state index in [0.717, 1.165) is 29.8 Å². The third-order valence-electron chi connectivity index (χ3n) is 3.47. The van der Waals surface area contributed by atoms with Gasteiger partial charge in [-0.25, -0.2) is 9.67 Å². The van der Waals surface area contributed by atoms with Gasteiger partial charge in [0.2, 0.25) is 11.8 Å². The number of fused-ring (bicyclic) bond motifs is 1. The summed E-state index contributed by atoms with van der Waals surface area (Å²) in [7, 11) is 1.86. The standard InChI is InChI=1S/C14H18N4O/c1-9-6-13(18(2)17-9)19-14-11(8-15)7-10-4-3-5-12(10)16-14/h6-7H,3-5,8,15H2,1-2H3. The molecule has 2 aromatic rings. The number of rotatable bonds is 3. The molecule has 3 rings (SSSR count). The molecule has 2 N–H and O–H groups in total. The number of ether oxygens (including phenoxy) is 1. The molecule has 1 aliphatic rings. The summed E-state index contributed by atoms with van der Waals surface area (Å²) in [5.74, 6) is 1.31. The lowest BCUT2D eigenvalue weighted by atomic mass is 10.1. The number of hydrogen-bond donors (Lipinski definition) is 1. The van der Waals surface area contributed by atoms with Crippen LogP contribution >= 0.6 is 0 Å². The van der Waals surface area contributed by atoms with Crippen LogP contribution in [-0.2, 0) is 26.4 Å². The largest absolute Gasteiger partial charge is 0.421 e. The summed E-state index contributed by atoms with van der Waals surface area (Å²) in [5.41, 5.74) is 10.1. The second-order valence-electron chi connectivity index (χ2n) is 4.97. The van der Waals surface area contributed by atoms with Crippen LogP contribution in [0, 0.1) is 6.92 Å². The molecule has 0 bridgehead atoms. The molecule has 0 atom stereocenters. The van der Waals surface area contributed by atoms with Gasteiger partial charge in [-0.05, 0) is 37.8 Å². The Hall–Kier alpha value is -1.88. The fourth-order valence-corrected chi connectivity index (χ4v) is 2.52. The predicted octanol–water partition coefficient (Wildman–Crippen LogP) is 1.86. The van der Waals surface area contributed by atoms with E-state index in [-0.39, 0.29) is 0 Å². The van der Waals surface area contributed by atoms with Crippen molar-refractivity contribution in [1.29, 1.82) is 0 Å². The van der Waals surface area contributed by atoms with Crippen molar-refractivity contribution in [2.45, 2.75) is 32.7 Å². The Kier molecular flexibility index (Phi) is 2.98. The van der Waals surface area contributed by atoms with E-state index in [1.54, 1.807) is 4.68 Å². The first kappa shape index (κ1) is 12.2. The molecule has 100 valence electrons. The predicted molar refractivity (Wildman–Crippen MR) is 72.2 cm³/mol. The Balaban J connectivity index is 1.98. The van der Waals surface area contributed by atoms with Gasteiger partial charge in [0.05, 0.1) is 5.69 Å². The van der Waals surface area contributed by atoms with E-state index in [0.29, 0.717) is 18.3 Å². The van der Waals surface area contributed by atoms with Crippen LogP contribution < -0.4 is 10.5 Å². The monoisotopic (exact) mass is 258 g/mol. The van der Waals surface area contributed by atoms with Crippen LogP contribution in [0.2, 0.25) is 0 Å². The number of nitrogens with zero attached hydrogens (tertiary/aromatic N) is 3. The fraction of sp³-hybridized carbons (Fsp3) is 0.429. The van der Waals surface area contributed by atoms with Gasteiger partial charge < -0.3 is 10.5 Å². The summed E-state index contributed by atoms with van der Waals surface area (Å²) in [4.78, 5) is 4.63. The Morgan fingerprint density at radius 2 is 2.21 bits per heavy atom. The minimum atomic E-state index is 0.437. The molecule has 0 spiro atoms. The molecule has 0 radical (unpaired) electrons. The lowest BCUT2D eigenvalue weighted by Gasteiger charge is -2.11. The van der Waals surface area contributed by atoms with Crippen LogP contribution in [-0.4, -0.2) is 14.8 Å². The first-order valence-electron chi connectivity index (χ1n) is 6.57. The molecule has 0 saturated heterocycles. The maximum Gasteiger partial charge on any atom is 0.226 e. The van der Waals surface area contributed by atoms with Crippen molar-refractivity contribution < 1.29 is 4.74 Å². The van der Waals surface area contributed by atoms with Gasteiger partial charge in [0.15, 0.2) is 0 Å². The Bertz CT molecular complexity index is 618. The molecule has 5 nitrogen and oxygen atoms in total. The summed E-state index contributed by atoms with van der Waals surface area (Å²) in [6.07, 6.45) is 3.29. The number of hydrogen-bond acceptors (Lipinski definition) is 4. The molecule has 19 heavy (non-hydrogen) atoms. The fourth-order valence-electron chi connectivity index (χ4n) is 2.52. The average molecular weight is 258 g/mol. The molecule has 0 aliphatic heterocycles. The SMILES string of the molecule is Cc1cc(Oc2nc3c(cc2CN)CCC3)n(C)n1. The van der Waals surface area contributed by atoms with Gasteiger partial charge in [0, 0.05) is 30.9 Å². The van der Waals surface area contributed by atoms with Crippen LogP contribution in [0.4, 0.5) is 0 Å². The number of aromatic nitrogens is 3. The van der Waals surface area contributed by atoms with Gasteiger partial charge in [0.1, 0.15) is 0 Å². The second-order valence-corrected chi connectivity index (χ2v) is 4.97. The molecule has 1 aliphatic carbocycles. The molecular weight excluding hydrogens is 240 g/mol. The van der Waals surface area contributed by atoms with Crippen molar-refractivity contribution in [1.82, 2.24) is 14.8 Å². The zero-order valence-corrected chi connectivity index (χ0v) is 11.3. The molecule has 0 amide bonds. The van der Waals surface area contributed by atoms with Crippen molar-refractivity contribution in [3.8, 4) is 11.8 Å². The first-order chi connectivity index (χ1) is 9.17. The molecule has 0 aromatic carbocycles. The summed E-state index contributed by atoms with van der Waals surface area (Å²) in [6.45, 7) is 2.37. The van der Waals surface area contributed by atoms with Crippen LogP contribution in [0.5, 0.6) is 11.8 Å². The molecule has 5 heteroatoms. The Morgan fingerprint density at radius 1 is 1.37 bits per heavy atom. The molecule has 0 unspecified atom stereocenters. The van der Waals surface area contributed by atoms with Crippen molar-refractivity contribution in [2.24, 2.45) is 12.8 Å². The van der Waals surface area contributed by atoms with Gasteiger partial charge >= 0.3 is 0 Å². The van der Waals surface area contributed by atoms with Crippen LogP contribution in [0.15, 0.2) is 12.1 Å². The number of nitrogens with two attached hydrogens (primary N) is 1. The Morgan fingerprint density at radius 3 is 2.89 bits per heavy atom. The summed E-state index contributed by atoms with van der Waals surface area (Å²) < 4.78 is 7.60. The molecule has 2 heterocycles. The highest BCUT2D eigenvalue weighted by Crippen LogP contribution is 2.29. The van der Waals surface area contributed by atoms with E-state index in [2.05, 4.69) is 16.1 Å². The maximum absolute atomic E-state index is 5.89. The van der Waals surface area contributed by atoms with E-state index in [1.807, 2.05) is 20.0 Å². The van der Waals surface area contributed by atoms with E-state index in [9.17, 15) is 0 Å². The molecule has 2 aromatic heterocycles. The third-order valence-corrected chi connectivity index (χ3v) is 3.47. The summed E-state index contributed by atoms with van der Waals surface area (Å²) >= 11 is 0. The number of pyridine rings is 1.